The molecule has 2 aromatic carbocycles. The molecule has 3 aromatic rings. The average Bonchev–Trinajstić information content (AvgIpc) is 3.33. The zero-order valence-electron chi connectivity index (χ0n) is 21.1. The van der Waals surface area contributed by atoms with Gasteiger partial charge in [0.15, 0.2) is 0 Å². The number of carbonyl (C=O) groups is 3. The maximum Gasteiger partial charge on any atom is 0.327 e. The van der Waals surface area contributed by atoms with E-state index in [-0.39, 0.29) is 23.9 Å². The lowest BCUT2D eigenvalue weighted by molar-refractivity contribution is -0.129. The molecule has 0 saturated carbocycles. The number of urea groups is 1. The Morgan fingerprint density at radius 2 is 1.95 bits per heavy atom. The summed E-state index contributed by atoms with van der Waals surface area (Å²) in [5.41, 5.74) is 2.15. The number of rotatable bonds is 6. The zero-order chi connectivity index (χ0) is 26.9. The van der Waals surface area contributed by atoms with Gasteiger partial charge in [-0.3, -0.25) is 14.5 Å². The first-order chi connectivity index (χ1) is 19.0. The van der Waals surface area contributed by atoms with E-state index in [0.29, 0.717) is 41.0 Å². The Morgan fingerprint density at radius 1 is 1.13 bits per heavy atom. The Hall–Kier alpha value is -4.31. The summed E-state index contributed by atoms with van der Waals surface area (Å²) in [5, 5.41) is 6.29. The molecule has 2 N–H and O–H groups in total. The molecule has 3 aliphatic rings. The first-order valence-electron chi connectivity index (χ1n) is 12.8. The van der Waals surface area contributed by atoms with Gasteiger partial charge in [-0.1, -0.05) is 42.6 Å². The fourth-order valence-corrected chi connectivity index (χ4v) is 6.54. The van der Waals surface area contributed by atoms with E-state index in [4.69, 9.17) is 4.74 Å². The van der Waals surface area contributed by atoms with Crippen molar-refractivity contribution in [1.29, 1.82) is 0 Å². The summed E-state index contributed by atoms with van der Waals surface area (Å²) in [6.45, 7) is 4.66. The molecular formula is C29H27N5O4S. The fourth-order valence-electron chi connectivity index (χ4n) is 5.30. The number of anilines is 2. The van der Waals surface area contributed by atoms with Crippen LogP contribution in [-0.4, -0.2) is 52.1 Å². The second kappa shape index (κ2) is 10.5. The zero-order valence-corrected chi connectivity index (χ0v) is 21.9. The number of carbonyl (C=O) groups excluding carboxylic acids is 3. The van der Waals surface area contributed by atoms with E-state index in [1.54, 1.807) is 22.1 Å². The second-order valence-electron chi connectivity index (χ2n) is 9.60. The molecule has 198 valence electrons. The number of pyridine rings is 1. The normalized spacial score (nSPS) is 21.5. The van der Waals surface area contributed by atoms with Crippen molar-refractivity contribution in [2.24, 2.45) is 0 Å². The summed E-state index contributed by atoms with van der Waals surface area (Å²) in [6.07, 6.45) is 4.55. The number of piperidine rings is 1. The van der Waals surface area contributed by atoms with Gasteiger partial charge in [-0.05, 0) is 49.2 Å². The van der Waals surface area contributed by atoms with E-state index in [9.17, 15) is 14.4 Å². The highest BCUT2D eigenvalue weighted by Gasteiger charge is 2.47. The van der Waals surface area contributed by atoms with Crippen LogP contribution in [0, 0.1) is 0 Å². The van der Waals surface area contributed by atoms with Crippen LogP contribution in [0.5, 0.6) is 11.5 Å². The molecule has 1 fully saturated rings. The molecule has 9 nitrogen and oxygen atoms in total. The Morgan fingerprint density at radius 3 is 2.77 bits per heavy atom. The number of nitrogens with zero attached hydrogens (tertiary/aromatic N) is 3. The minimum absolute atomic E-state index is 0.136. The van der Waals surface area contributed by atoms with Crippen molar-refractivity contribution in [3.63, 3.8) is 0 Å². The fraction of sp³-hybridized carbons (Fsp3) is 0.241. The Bertz CT molecular complexity index is 1450. The lowest BCUT2D eigenvalue weighted by Gasteiger charge is -2.35. The molecule has 10 heteroatoms. The quantitative estimate of drug-likeness (QED) is 0.444. The third kappa shape index (κ3) is 4.83. The maximum absolute atomic E-state index is 13.5. The molecule has 3 atom stereocenters. The molecule has 39 heavy (non-hydrogen) atoms. The van der Waals surface area contributed by atoms with Crippen LogP contribution in [0.4, 0.5) is 16.2 Å². The van der Waals surface area contributed by atoms with Crippen molar-refractivity contribution >= 4 is 41.0 Å². The molecule has 6 rings (SSSR count). The summed E-state index contributed by atoms with van der Waals surface area (Å²) < 4.78 is 5.98. The topological polar surface area (TPSA) is 104 Å². The van der Waals surface area contributed by atoms with E-state index in [2.05, 4.69) is 22.2 Å². The molecule has 4 heterocycles. The largest absolute Gasteiger partial charge is 0.457 e. The lowest BCUT2D eigenvalue weighted by Crippen LogP contribution is -2.53. The van der Waals surface area contributed by atoms with Gasteiger partial charge in [0.25, 0.3) is 0 Å². The van der Waals surface area contributed by atoms with Gasteiger partial charge in [0, 0.05) is 37.0 Å². The smallest absolute Gasteiger partial charge is 0.327 e. The monoisotopic (exact) mass is 541 g/mol. The number of thioether (sulfide) groups is 1. The van der Waals surface area contributed by atoms with E-state index < -0.39 is 11.3 Å². The molecule has 3 aliphatic heterocycles. The predicted octanol–water partition coefficient (Wildman–Crippen LogP) is 4.54. The highest BCUT2D eigenvalue weighted by atomic mass is 32.2. The molecule has 0 bridgehead atoms. The van der Waals surface area contributed by atoms with Gasteiger partial charge in [0.05, 0.1) is 17.4 Å². The Kier molecular flexibility index (Phi) is 6.70. The van der Waals surface area contributed by atoms with Gasteiger partial charge in [-0.15, -0.1) is 0 Å². The average molecular weight is 542 g/mol. The van der Waals surface area contributed by atoms with Crippen molar-refractivity contribution in [1.82, 2.24) is 20.5 Å². The lowest BCUT2D eigenvalue weighted by atomic mass is 9.99. The maximum atomic E-state index is 13.5. The number of likely N-dealkylation sites (tertiary alicyclic amines) is 1. The third-order valence-corrected chi connectivity index (χ3v) is 8.36. The van der Waals surface area contributed by atoms with E-state index in [1.165, 1.54) is 17.8 Å². The van der Waals surface area contributed by atoms with Gasteiger partial charge in [-0.2, -0.15) is 0 Å². The standard InChI is InChI=1S/C29H27N5O4S/c1-2-23(35)33-15-7-8-18(17-33)31-27(36)26-25-24-22(13-14-30-28(24)39-26)34(29(37)32-25)19-9-6-12-21(16-19)38-20-10-4-3-5-11-20/h2-6,9-14,16,18,25-26H,1,7-8,15,17H2,(H,31,36)(H,32,37)/t18?,25?,26-/m1/s1. The van der Waals surface area contributed by atoms with E-state index in [0.717, 1.165) is 18.4 Å². The minimum Gasteiger partial charge on any atom is -0.457 e. The van der Waals surface area contributed by atoms with Gasteiger partial charge < -0.3 is 20.3 Å². The number of ether oxygens (including phenoxy) is 1. The number of hydrogen-bond donors (Lipinski definition) is 2. The van der Waals surface area contributed by atoms with Crippen LogP contribution in [0.15, 0.2) is 84.5 Å². The van der Waals surface area contributed by atoms with Gasteiger partial charge in [0.2, 0.25) is 11.8 Å². The summed E-state index contributed by atoms with van der Waals surface area (Å²) in [6, 6.07) is 17.6. The predicted molar refractivity (Wildman–Crippen MR) is 148 cm³/mol. The molecule has 0 radical (unpaired) electrons. The highest BCUT2D eigenvalue weighted by Crippen LogP contribution is 2.50. The molecule has 1 saturated heterocycles. The van der Waals surface area contributed by atoms with Crippen LogP contribution in [0.25, 0.3) is 0 Å². The molecule has 0 aliphatic carbocycles. The first-order valence-corrected chi connectivity index (χ1v) is 13.7. The van der Waals surface area contributed by atoms with Gasteiger partial charge >= 0.3 is 6.03 Å². The Balaban J connectivity index is 1.23. The van der Waals surface area contributed by atoms with Crippen LogP contribution < -0.4 is 20.3 Å². The van der Waals surface area contributed by atoms with E-state index in [1.807, 2.05) is 54.6 Å². The number of nitrogens with one attached hydrogen (secondary N) is 2. The van der Waals surface area contributed by atoms with Crippen LogP contribution >= 0.6 is 11.8 Å². The first kappa shape index (κ1) is 25.0. The Labute approximate surface area is 230 Å². The van der Waals surface area contributed by atoms with Crippen molar-refractivity contribution in [2.75, 3.05) is 18.0 Å². The van der Waals surface area contributed by atoms with Gasteiger partial charge in [0.1, 0.15) is 21.8 Å². The van der Waals surface area contributed by atoms with Crippen molar-refractivity contribution in [3.8, 4) is 11.5 Å². The second-order valence-corrected chi connectivity index (χ2v) is 10.7. The molecular weight excluding hydrogens is 514 g/mol. The SMILES string of the molecule is C=CC(=O)N1CCCC(NC(=O)[C@@H]2Sc3nccc4c3C2NC(=O)N4c2cccc(Oc3ccccc3)c2)C1. The summed E-state index contributed by atoms with van der Waals surface area (Å²) in [5.74, 6) is 0.979. The van der Waals surface area contributed by atoms with E-state index >= 15 is 0 Å². The number of benzene rings is 2. The van der Waals surface area contributed by atoms with Crippen molar-refractivity contribution in [2.45, 2.75) is 35.2 Å². The van der Waals surface area contributed by atoms with Crippen molar-refractivity contribution < 1.29 is 19.1 Å². The van der Waals surface area contributed by atoms with Crippen LogP contribution in [0.3, 0.4) is 0 Å². The molecule has 0 spiro atoms. The third-order valence-electron chi connectivity index (χ3n) is 7.07. The minimum atomic E-state index is -0.571. The highest BCUT2D eigenvalue weighted by molar-refractivity contribution is 8.01. The number of amides is 4. The summed E-state index contributed by atoms with van der Waals surface area (Å²) >= 11 is 1.35. The molecule has 4 amide bonds. The molecule has 1 aromatic heterocycles. The number of aromatic nitrogens is 1. The van der Waals surface area contributed by atoms with Crippen LogP contribution in [0.2, 0.25) is 0 Å². The number of para-hydroxylation sites is 1. The van der Waals surface area contributed by atoms with Crippen LogP contribution in [0.1, 0.15) is 24.4 Å². The van der Waals surface area contributed by atoms with Crippen molar-refractivity contribution in [3.05, 3.63) is 85.1 Å². The van der Waals surface area contributed by atoms with Gasteiger partial charge in [-0.25, -0.2) is 9.78 Å². The summed E-state index contributed by atoms with van der Waals surface area (Å²) in [4.78, 5) is 46.8. The number of hydrogen-bond acceptors (Lipinski definition) is 6. The van der Waals surface area contributed by atoms with Crippen LogP contribution in [-0.2, 0) is 9.59 Å². The summed E-state index contributed by atoms with van der Waals surface area (Å²) in [7, 11) is 0. The molecule has 2 unspecified atom stereocenters.